The van der Waals surface area contributed by atoms with E-state index in [-0.39, 0.29) is 12.4 Å². The maximum absolute atomic E-state index is 12.3. The van der Waals surface area contributed by atoms with Crippen LogP contribution in [0.15, 0.2) is 48.7 Å². The van der Waals surface area contributed by atoms with E-state index < -0.39 is 0 Å². The van der Waals surface area contributed by atoms with Crippen LogP contribution in [0.2, 0.25) is 0 Å². The molecule has 0 atom stereocenters. The minimum atomic E-state index is -0.328. The van der Waals surface area contributed by atoms with E-state index in [1.54, 1.807) is 33.4 Å². The highest BCUT2D eigenvalue weighted by Gasteiger charge is 2.23. The van der Waals surface area contributed by atoms with Gasteiger partial charge in [0.15, 0.2) is 17.0 Å². The molecular formula is C25H24N4O4. The van der Waals surface area contributed by atoms with E-state index in [0.717, 1.165) is 22.5 Å². The molecule has 0 amide bonds. The third kappa shape index (κ3) is 3.34. The summed E-state index contributed by atoms with van der Waals surface area (Å²) in [6, 6.07) is 13.5. The van der Waals surface area contributed by atoms with Gasteiger partial charge < -0.3 is 14.2 Å². The van der Waals surface area contributed by atoms with Gasteiger partial charge in [-0.05, 0) is 12.1 Å². The number of rotatable bonds is 6. The fourth-order valence-electron chi connectivity index (χ4n) is 4.06. The van der Waals surface area contributed by atoms with E-state index in [4.69, 9.17) is 24.2 Å². The summed E-state index contributed by atoms with van der Waals surface area (Å²) in [5, 5.41) is 0.673. The van der Waals surface area contributed by atoms with Gasteiger partial charge in [-0.3, -0.25) is 13.8 Å². The number of aryl methyl sites for hydroxylation is 1. The van der Waals surface area contributed by atoms with Gasteiger partial charge in [-0.2, -0.15) is 0 Å². The van der Waals surface area contributed by atoms with Gasteiger partial charge >= 0.3 is 5.97 Å². The summed E-state index contributed by atoms with van der Waals surface area (Å²) in [6.07, 6.45) is 2.73. The highest BCUT2D eigenvalue weighted by atomic mass is 16.5. The summed E-state index contributed by atoms with van der Waals surface area (Å²) in [6.45, 7) is 3.82. The molecule has 0 radical (unpaired) electrons. The molecule has 3 aromatic heterocycles. The minimum Gasteiger partial charge on any atom is -0.497 e. The Labute approximate surface area is 190 Å². The first-order chi connectivity index (χ1) is 16.1. The molecule has 8 heteroatoms. The highest BCUT2D eigenvalue weighted by molar-refractivity contribution is 6.01. The number of nitrogens with zero attached hydrogens (tertiary/aromatic N) is 4. The van der Waals surface area contributed by atoms with Crippen molar-refractivity contribution in [3.05, 3.63) is 54.5 Å². The minimum absolute atomic E-state index is 0.257. The number of carbonyl (C=O) groups is 1. The molecule has 0 aliphatic rings. The second-order valence-corrected chi connectivity index (χ2v) is 7.60. The van der Waals surface area contributed by atoms with Gasteiger partial charge in [0, 0.05) is 31.0 Å². The van der Waals surface area contributed by atoms with Crippen LogP contribution in [0.5, 0.6) is 17.2 Å². The standard InChI is InChI=1S/C25H24N4O4/c1-5-21-27-24-23(25-26-18-9-7-8-10-19(18)29(21)25)20(33-22(30)6-2)14-28(24)15-11-16(31-3)13-17(12-15)32-4/h7-14H,5-6H2,1-4H3. The summed E-state index contributed by atoms with van der Waals surface area (Å²) in [7, 11) is 3.21. The number of hydrogen-bond acceptors (Lipinski definition) is 6. The first-order valence-electron chi connectivity index (χ1n) is 10.8. The van der Waals surface area contributed by atoms with Crippen LogP contribution in [0.4, 0.5) is 0 Å². The number of aromatic nitrogens is 4. The quantitative estimate of drug-likeness (QED) is 0.353. The summed E-state index contributed by atoms with van der Waals surface area (Å²) in [5.74, 6) is 2.22. The Morgan fingerprint density at radius 3 is 2.36 bits per heavy atom. The highest BCUT2D eigenvalue weighted by Crippen LogP contribution is 2.36. The molecule has 0 spiro atoms. The van der Waals surface area contributed by atoms with Crippen molar-refractivity contribution in [1.29, 1.82) is 0 Å². The molecule has 0 saturated heterocycles. The number of imidazole rings is 1. The zero-order valence-corrected chi connectivity index (χ0v) is 19.0. The smallest absolute Gasteiger partial charge is 0.310 e. The number of para-hydroxylation sites is 2. The summed E-state index contributed by atoms with van der Waals surface area (Å²) in [5.41, 5.74) is 3.92. The molecule has 8 nitrogen and oxygen atoms in total. The Kier molecular flexibility index (Phi) is 5.12. The van der Waals surface area contributed by atoms with Crippen LogP contribution < -0.4 is 14.2 Å². The van der Waals surface area contributed by atoms with Crippen LogP contribution >= 0.6 is 0 Å². The van der Waals surface area contributed by atoms with Crippen molar-refractivity contribution in [2.45, 2.75) is 26.7 Å². The lowest BCUT2D eigenvalue weighted by Gasteiger charge is -2.11. The van der Waals surface area contributed by atoms with Crippen molar-refractivity contribution in [2.24, 2.45) is 0 Å². The monoisotopic (exact) mass is 444 g/mol. The van der Waals surface area contributed by atoms with Gasteiger partial charge in [-0.1, -0.05) is 26.0 Å². The summed E-state index contributed by atoms with van der Waals surface area (Å²) in [4.78, 5) is 22.2. The van der Waals surface area contributed by atoms with E-state index in [1.807, 2.05) is 45.4 Å². The van der Waals surface area contributed by atoms with Crippen LogP contribution in [0.3, 0.4) is 0 Å². The maximum Gasteiger partial charge on any atom is 0.310 e. The lowest BCUT2D eigenvalue weighted by Crippen LogP contribution is -2.06. The van der Waals surface area contributed by atoms with E-state index in [1.165, 1.54) is 0 Å². The predicted molar refractivity (Wildman–Crippen MR) is 126 cm³/mol. The Morgan fingerprint density at radius 1 is 0.970 bits per heavy atom. The molecule has 0 saturated carbocycles. The van der Waals surface area contributed by atoms with Crippen LogP contribution in [0.25, 0.3) is 33.4 Å². The van der Waals surface area contributed by atoms with Crippen molar-refractivity contribution in [3.63, 3.8) is 0 Å². The molecule has 0 aliphatic heterocycles. The number of carbonyl (C=O) groups excluding carboxylic acids is 1. The molecule has 168 valence electrons. The Hall–Kier alpha value is -4.07. The number of fused-ring (bicyclic) bond motifs is 5. The largest absolute Gasteiger partial charge is 0.497 e. The average Bonchev–Trinajstić information content (AvgIpc) is 3.41. The first kappa shape index (κ1) is 20.8. The molecule has 5 aromatic rings. The second kappa shape index (κ2) is 8.12. The molecule has 0 bridgehead atoms. The molecule has 0 fully saturated rings. The van der Waals surface area contributed by atoms with Crippen LogP contribution in [0.1, 0.15) is 26.1 Å². The van der Waals surface area contributed by atoms with Crippen LogP contribution in [-0.2, 0) is 11.2 Å². The van der Waals surface area contributed by atoms with Crippen molar-refractivity contribution in [2.75, 3.05) is 14.2 Å². The van der Waals surface area contributed by atoms with Gasteiger partial charge in [-0.25, -0.2) is 9.97 Å². The normalized spacial score (nSPS) is 11.4. The predicted octanol–water partition coefficient (Wildman–Crippen LogP) is 4.72. The van der Waals surface area contributed by atoms with Gasteiger partial charge in [0.1, 0.15) is 22.7 Å². The maximum atomic E-state index is 12.3. The number of ether oxygens (including phenoxy) is 3. The van der Waals surface area contributed by atoms with Crippen molar-refractivity contribution in [3.8, 4) is 22.9 Å². The van der Waals surface area contributed by atoms with Crippen molar-refractivity contribution >= 4 is 33.7 Å². The molecular weight excluding hydrogens is 420 g/mol. The van der Waals surface area contributed by atoms with E-state index in [2.05, 4.69) is 6.92 Å². The zero-order valence-electron chi connectivity index (χ0n) is 19.0. The Bertz CT molecular complexity index is 1490. The molecule has 3 heterocycles. The molecule has 33 heavy (non-hydrogen) atoms. The fourth-order valence-corrected chi connectivity index (χ4v) is 4.06. The number of hydrogen-bond donors (Lipinski definition) is 0. The van der Waals surface area contributed by atoms with Crippen LogP contribution in [-0.4, -0.2) is 39.1 Å². The molecule has 5 rings (SSSR count). The molecule has 0 aliphatic carbocycles. The second-order valence-electron chi connectivity index (χ2n) is 7.60. The number of methoxy groups -OCH3 is 2. The van der Waals surface area contributed by atoms with Crippen molar-refractivity contribution < 1.29 is 19.0 Å². The molecule has 0 N–H and O–H groups in total. The van der Waals surface area contributed by atoms with Gasteiger partial charge in [-0.15, -0.1) is 0 Å². The van der Waals surface area contributed by atoms with E-state index in [0.29, 0.717) is 40.3 Å². The molecule has 2 aromatic carbocycles. The van der Waals surface area contributed by atoms with E-state index >= 15 is 0 Å². The fraction of sp³-hybridized carbons (Fsp3) is 0.240. The summed E-state index contributed by atoms with van der Waals surface area (Å²) < 4.78 is 20.6. The SMILES string of the molecule is CCC(=O)Oc1cn(-c2cc(OC)cc(OC)c2)c2nc(CC)n3c4ccccc4nc3c12. The van der Waals surface area contributed by atoms with Crippen molar-refractivity contribution in [1.82, 2.24) is 18.9 Å². The topological polar surface area (TPSA) is 79.9 Å². The number of esters is 1. The van der Waals surface area contributed by atoms with Gasteiger partial charge in [0.2, 0.25) is 0 Å². The Morgan fingerprint density at radius 2 is 1.70 bits per heavy atom. The summed E-state index contributed by atoms with van der Waals surface area (Å²) >= 11 is 0. The lowest BCUT2D eigenvalue weighted by atomic mass is 10.2. The third-order valence-corrected chi connectivity index (χ3v) is 5.67. The zero-order chi connectivity index (χ0) is 23.1. The Balaban J connectivity index is 1.90. The van der Waals surface area contributed by atoms with Gasteiger partial charge in [0.05, 0.1) is 37.1 Å². The lowest BCUT2D eigenvalue weighted by molar-refractivity contribution is -0.133. The van der Waals surface area contributed by atoms with E-state index in [9.17, 15) is 4.79 Å². The number of benzene rings is 2. The third-order valence-electron chi connectivity index (χ3n) is 5.67. The molecule has 0 unspecified atom stereocenters. The average molecular weight is 444 g/mol. The van der Waals surface area contributed by atoms with Crippen LogP contribution in [0, 0.1) is 0 Å². The first-order valence-corrected chi connectivity index (χ1v) is 10.8. The van der Waals surface area contributed by atoms with Gasteiger partial charge in [0.25, 0.3) is 0 Å².